The molecular formula is C35H43N3O. The Morgan fingerprint density at radius 2 is 1.74 bits per heavy atom. The van der Waals surface area contributed by atoms with Crippen LogP contribution in [0.2, 0.25) is 0 Å². The summed E-state index contributed by atoms with van der Waals surface area (Å²) in [6.07, 6.45) is 17.9. The molecule has 0 fully saturated rings. The van der Waals surface area contributed by atoms with E-state index in [1.165, 1.54) is 0 Å². The van der Waals surface area contributed by atoms with Crippen LogP contribution in [0.5, 0.6) is 0 Å². The van der Waals surface area contributed by atoms with Gasteiger partial charge >= 0.3 is 0 Å². The van der Waals surface area contributed by atoms with E-state index in [1.807, 2.05) is 53.5 Å². The van der Waals surface area contributed by atoms with E-state index < -0.39 is 0 Å². The molecule has 204 valence electrons. The number of hydrogen-bond acceptors (Lipinski definition) is 3. The van der Waals surface area contributed by atoms with Crippen LogP contribution < -0.4 is 5.32 Å². The predicted molar refractivity (Wildman–Crippen MR) is 167 cm³/mol. The number of anilines is 1. The van der Waals surface area contributed by atoms with E-state index >= 15 is 0 Å². The Morgan fingerprint density at radius 1 is 1.00 bits per heavy atom. The summed E-state index contributed by atoms with van der Waals surface area (Å²) in [5.41, 5.74) is 6.46. The number of amides is 1. The number of carbonyl (C=O) groups excluding carboxylic acids is 1. The second-order valence-electron chi connectivity index (χ2n) is 9.59. The van der Waals surface area contributed by atoms with Crippen molar-refractivity contribution in [1.29, 1.82) is 0 Å². The summed E-state index contributed by atoms with van der Waals surface area (Å²) in [4.78, 5) is 18.4. The molecule has 2 aromatic rings. The molecule has 0 atom stereocenters. The fourth-order valence-corrected chi connectivity index (χ4v) is 4.73. The Labute approximate surface area is 235 Å². The summed E-state index contributed by atoms with van der Waals surface area (Å²) in [5.74, 6) is -0.0224. The zero-order valence-corrected chi connectivity index (χ0v) is 23.8. The van der Waals surface area contributed by atoms with Crippen LogP contribution in [0, 0.1) is 0 Å². The lowest BCUT2D eigenvalue weighted by atomic mass is 10.1. The van der Waals surface area contributed by atoms with E-state index in [0.29, 0.717) is 18.5 Å². The normalized spacial score (nSPS) is 15.8. The van der Waals surface area contributed by atoms with Gasteiger partial charge in [-0.2, -0.15) is 0 Å². The number of allylic oxidation sites excluding steroid dienone is 6. The van der Waals surface area contributed by atoms with Gasteiger partial charge in [0.2, 0.25) is 0 Å². The van der Waals surface area contributed by atoms with Crippen molar-refractivity contribution in [2.24, 2.45) is 0 Å². The summed E-state index contributed by atoms with van der Waals surface area (Å²) in [5, 5.41) is 3.56. The Kier molecular flexibility index (Phi) is 11.6. The summed E-state index contributed by atoms with van der Waals surface area (Å²) >= 11 is 0. The molecule has 1 aliphatic rings. The molecule has 1 heterocycles. The Morgan fingerprint density at radius 3 is 2.38 bits per heavy atom. The van der Waals surface area contributed by atoms with Crippen molar-refractivity contribution in [2.75, 3.05) is 18.4 Å². The smallest absolute Gasteiger partial charge is 0.260 e. The average molecular weight is 522 g/mol. The van der Waals surface area contributed by atoms with E-state index in [2.05, 4.69) is 86.6 Å². The molecule has 2 aromatic carbocycles. The Hall–Kier alpha value is -4.05. The van der Waals surface area contributed by atoms with E-state index in [0.717, 1.165) is 66.3 Å². The summed E-state index contributed by atoms with van der Waals surface area (Å²) < 4.78 is 0. The fraction of sp³-hybridized carbons (Fsp3) is 0.286. The van der Waals surface area contributed by atoms with Crippen molar-refractivity contribution in [3.05, 3.63) is 132 Å². The first-order valence-electron chi connectivity index (χ1n) is 14.1. The minimum Gasteiger partial charge on any atom is -0.372 e. The maximum Gasteiger partial charge on any atom is 0.260 e. The quantitative estimate of drug-likeness (QED) is 0.211. The Bertz CT molecular complexity index is 1240. The fourth-order valence-electron chi connectivity index (χ4n) is 4.73. The molecule has 1 aliphatic heterocycles. The number of rotatable bonds is 13. The topological polar surface area (TPSA) is 35.6 Å². The van der Waals surface area contributed by atoms with Gasteiger partial charge in [-0.1, -0.05) is 94.1 Å². The van der Waals surface area contributed by atoms with Crippen LogP contribution in [0.4, 0.5) is 5.69 Å². The van der Waals surface area contributed by atoms with Crippen molar-refractivity contribution in [3.63, 3.8) is 0 Å². The van der Waals surface area contributed by atoms with Gasteiger partial charge in [0, 0.05) is 18.8 Å². The van der Waals surface area contributed by atoms with Crippen LogP contribution in [-0.2, 0) is 6.54 Å². The zero-order valence-electron chi connectivity index (χ0n) is 23.8. The summed E-state index contributed by atoms with van der Waals surface area (Å²) in [7, 11) is 0. The van der Waals surface area contributed by atoms with E-state index in [4.69, 9.17) is 0 Å². The van der Waals surface area contributed by atoms with Crippen LogP contribution in [0.25, 0.3) is 6.08 Å². The van der Waals surface area contributed by atoms with E-state index in [-0.39, 0.29) is 5.91 Å². The van der Waals surface area contributed by atoms with Crippen LogP contribution in [0.15, 0.2) is 115 Å². The van der Waals surface area contributed by atoms with Crippen LogP contribution in [-0.4, -0.2) is 28.8 Å². The number of nitrogens with one attached hydrogen (secondary N) is 1. The van der Waals surface area contributed by atoms with Gasteiger partial charge in [-0.25, -0.2) is 0 Å². The predicted octanol–water partition coefficient (Wildman–Crippen LogP) is 8.71. The van der Waals surface area contributed by atoms with Crippen molar-refractivity contribution < 1.29 is 4.79 Å². The van der Waals surface area contributed by atoms with Gasteiger partial charge in [-0.15, -0.1) is 6.58 Å². The molecule has 4 heteroatoms. The highest BCUT2D eigenvalue weighted by Crippen LogP contribution is 2.32. The number of hydrogen-bond donors (Lipinski definition) is 1. The van der Waals surface area contributed by atoms with Crippen molar-refractivity contribution in [3.8, 4) is 0 Å². The van der Waals surface area contributed by atoms with Crippen molar-refractivity contribution in [1.82, 2.24) is 9.80 Å². The molecule has 0 radical (unpaired) electrons. The van der Waals surface area contributed by atoms with Gasteiger partial charge in [0.15, 0.2) is 0 Å². The number of carbonyl (C=O) groups is 1. The molecule has 0 unspecified atom stereocenters. The second-order valence-corrected chi connectivity index (χ2v) is 9.59. The highest BCUT2D eigenvalue weighted by Gasteiger charge is 2.28. The van der Waals surface area contributed by atoms with Gasteiger partial charge in [0.05, 0.1) is 29.2 Å². The molecule has 39 heavy (non-hydrogen) atoms. The van der Waals surface area contributed by atoms with E-state index in [9.17, 15) is 4.79 Å². The lowest BCUT2D eigenvalue weighted by molar-refractivity contribution is 0.0802. The molecular weight excluding hydrogens is 478 g/mol. The van der Waals surface area contributed by atoms with Crippen LogP contribution in [0.1, 0.15) is 67.9 Å². The highest BCUT2D eigenvalue weighted by molar-refractivity contribution is 6.03. The van der Waals surface area contributed by atoms with Gasteiger partial charge in [0.25, 0.3) is 5.91 Å². The molecule has 0 spiro atoms. The van der Waals surface area contributed by atoms with Gasteiger partial charge in [0.1, 0.15) is 0 Å². The minimum absolute atomic E-state index is 0.0224. The molecule has 4 nitrogen and oxygen atoms in total. The third-order valence-electron chi connectivity index (χ3n) is 6.54. The Balaban J connectivity index is 2.02. The summed E-state index contributed by atoms with van der Waals surface area (Å²) in [6, 6.07) is 16.2. The molecule has 3 rings (SSSR count). The lowest BCUT2D eigenvalue weighted by Gasteiger charge is -2.25. The van der Waals surface area contributed by atoms with Crippen molar-refractivity contribution in [2.45, 2.75) is 53.0 Å². The number of benzene rings is 2. The molecule has 1 N–H and O–H groups in total. The molecule has 0 bridgehead atoms. The van der Waals surface area contributed by atoms with Gasteiger partial charge in [-0.05, 0) is 61.1 Å². The second kappa shape index (κ2) is 15.4. The molecule has 0 aromatic heterocycles. The SMILES string of the molecule is C=CCC=C1/C(=C\CC)Nc2ccc(/C=C/C=C(\C=C)N(CCC)CCC)cc2C(=O)N1Cc1ccccc1. The molecule has 1 amide bonds. The zero-order chi connectivity index (χ0) is 28.0. The maximum absolute atomic E-state index is 14.1. The monoisotopic (exact) mass is 521 g/mol. The minimum atomic E-state index is -0.0224. The van der Waals surface area contributed by atoms with Gasteiger partial charge in [-0.3, -0.25) is 4.79 Å². The highest BCUT2D eigenvalue weighted by atomic mass is 16.2. The van der Waals surface area contributed by atoms with Gasteiger partial charge < -0.3 is 15.1 Å². The standard InChI is InChI=1S/C35H43N3O/c1-6-11-21-34-33(16-7-2)36-32-23-22-28(19-15-20-30(10-5)37(24-8-3)25-9-4)26-31(32)35(39)38(34)27-29-17-13-12-14-18-29/h6,10,12-23,26,36H,1,5,7-9,11,24-25,27H2,2-4H3/b19-15+,30-20+,33-16+,34-21?. The first kappa shape index (κ1) is 29.5. The van der Waals surface area contributed by atoms with E-state index in [1.54, 1.807) is 0 Å². The van der Waals surface area contributed by atoms with Crippen LogP contribution in [0.3, 0.4) is 0 Å². The van der Waals surface area contributed by atoms with Crippen LogP contribution >= 0.6 is 0 Å². The third kappa shape index (κ3) is 7.97. The van der Waals surface area contributed by atoms with Crippen molar-refractivity contribution >= 4 is 17.7 Å². The molecule has 0 saturated carbocycles. The number of fused-ring (bicyclic) bond motifs is 1. The summed E-state index contributed by atoms with van der Waals surface area (Å²) in [6.45, 7) is 16.9. The maximum atomic E-state index is 14.1. The molecule has 0 aliphatic carbocycles. The lowest BCUT2D eigenvalue weighted by Crippen LogP contribution is -2.30. The molecule has 0 saturated heterocycles. The first-order valence-corrected chi connectivity index (χ1v) is 14.1. The largest absolute Gasteiger partial charge is 0.372 e. The first-order chi connectivity index (χ1) is 19.1. The third-order valence-corrected chi connectivity index (χ3v) is 6.54. The average Bonchev–Trinajstić information content (AvgIpc) is 3.05. The number of nitrogens with zero attached hydrogens (tertiary/aromatic N) is 2.